The molecule has 74 valence electrons. The molecular weight excluding hydrogens is 196 g/mol. The first-order valence-corrected chi connectivity index (χ1v) is 5.84. The van der Waals surface area contributed by atoms with Gasteiger partial charge in [0.25, 0.3) is 0 Å². The normalized spacial score (nSPS) is 31.9. The molecule has 0 bridgehead atoms. The number of hydrogen-bond acceptors (Lipinski definition) is 3. The standard InChI is InChI=1S/C10H12N2OS/c13-10-7-3-1-5-12(7)9(11-10)8-4-2-6-14-8/h2,4,6-7,9H,1,3,5H2,(H,11,13). The number of rotatable bonds is 1. The van der Waals surface area contributed by atoms with Crippen LogP contribution < -0.4 is 5.32 Å². The van der Waals surface area contributed by atoms with E-state index in [1.165, 1.54) is 4.88 Å². The van der Waals surface area contributed by atoms with Crippen molar-refractivity contribution in [2.45, 2.75) is 25.0 Å². The first-order valence-electron chi connectivity index (χ1n) is 4.96. The first-order chi connectivity index (χ1) is 6.86. The molecule has 3 heterocycles. The van der Waals surface area contributed by atoms with E-state index in [-0.39, 0.29) is 18.1 Å². The number of thiophene rings is 1. The third kappa shape index (κ3) is 1.11. The Morgan fingerprint density at radius 3 is 3.29 bits per heavy atom. The van der Waals surface area contributed by atoms with E-state index < -0.39 is 0 Å². The van der Waals surface area contributed by atoms with Crippen molar-refractivity contribution in [3.8, 4) is 0 Å². The average molecular weight is 208 g/mol. The van der Waals surface area contributed by atoms with Crippen LogP contribution in [0.2, 0.25) is 0 Å². The molecule has 4 heteroatoms. The van der Waals surface area contributed by atoms with Gasteiger partial charge in [0, 0.05) is 11.4 Å². The van der Waals surface area contributed by atoms with E-state index in [1.54, 1.807) is 11.3 Å². The lowest BCUT2D eigenvalue weighted by Gasteiger charge is -2.20. The van der Waals surface area contributed by atoms with Crippen LogP contribution in [0.1, 0.15) is 23.9 Å². The molecule has 3 rings (SSSR count). The highest BCUT2D eigenvalue weighted by molar-refractivity contribution is 7.10. The predicted octanol–water partition coefficient (Wildman–Crippen LogP) is 1.34. The quantitative estimate of drug-likeness (QED) is 0.755. The van der Waals surface area contributed by atoms with Crippen LogP contribution >= 0.6 is 11.3 Å². The van der Waals surface area contributed by atoms with Gasteiger partial charge in [-0.15, -0.1) is 11.3 Å². The highest BCUT2D eigenvalue weighted by Crippen LogP contribution is 2.34. The van der Waals surface area contributed by atoms with Crippen LogP contribution in [-0.4, -0.2) is 23.4 Å². The van der Waals surface area contributed by atoms with Gasteiger partial charge in [0.15, 0.2) is 0 Å². The van der Waals surface area contributed by atoms with Gasteiger partial charge in [-0.25, -0.2) is 0 Å². The van der Waals surface area contributed by atoms with Gasteiger partial charge in [0.1, 0.15) is 6.17 Å². The molecule has 2 fully saturated rings. The molecule has 0 aromatic carbocycles. The summed E-state index contributed by atoms with van der Waals surface area (Å²) >= 11 is 1.71. The van der Waals surface area contributed by atoms with Crippen LogP contribution in [0.5, 0.6) is 0 Å². The van der Waals surface area contributed by atoms with Gasteiger partial charge in [-0.1, -0.05) is 6.07 Å². The molecule has 0 spiro atoms. The summed E-state index contributed by atoms with van der Waals surface area (Å²) in [6.07, 6.45) is 2.32. The van der Waals surface area contributed by atoms with Crippen molar-refractivity contribution in [2.75, 3.05) is 6.54 Å². The summed E-state index contributed by atoms with van der Waals surface area (Å²) in [6.45, 7) is 1.05. The van der Waals surface area contributed by atoms with Crippen LogP contribution in [-0.2, 0) is 4.79 Å². The van der Waals surface area contributed by atoms with Crippen molar-refractivity contribution >= 4 is 17.2 Å². The lowest BCUT2D eigenvalue weighted by Crippen LogP contribution is -2.27. The summed E-state index contributed by atoms with van der Waals surface area (Å²) < 4.78 is 0. The Morgan fingerprint density at radius 1 is 1.57 bits per heavy atom. The zero-order valence-corrected chi connectivity index (χ0v) is 8.59. The fourth-order valence-electron chi connectivity index (χ4n) is 2.37. The largest absolute Gasteiger partial charge is 0.334 e. The lowest BCUT2D eigenvalue weighted by molar-refractivity contribution is -0.121. The maximum absolute atomic E-state index is 11.6. The Morgan fingerprint density at radius 2 is 2.50 bits per heavy atom. The monoisotopic (exact) mass is 208 g/mol. The summed E-state index contributed by atoms with van der Waals surface area (Å²) in [4.78, 5) is 15.2. The molecule has 2 aliphatic rings. The predicted molar refractivity (Wildman–Crippen MR) is 54.9 cm³/mol. The molecule has 1 N–H and O–H groups in total. The Hall–Kier alpha value is -0.870. The summed E-state index contributed by atoms with van der Waals surface area (Å²) in [7, 11) is 0. The van der Waals surface area contributed by atoms with Gasteiger partial charge in [0.2, 0.25) is 5.91 Å². The van der Waals surface area contributed by atoms with Crippen molar-refractivity contribution < 1.29 is 4.79 Å². The van der Waals surface area contributed by atoms with Crippen molar-refractivity contribution in [1.29, 1.82) is 0 Å². The summed E-state index contributed by atoms with van der Waals surface area (Å²) in [5.41, 5.74) is 0. The molecule has 1 aromatic heterocycles. The van der Waals surface area contributed by atoms with Gasteiger partial charge in [-0.3, -0.25) is 9.69 Å². The summed E-state index contributed by atoms with van der Waals surface area (Å²) in [5.74, 6) is 0.209. The SMILES string of the molecule is O=C1NC(c2cccs2)N2CCCC12. The van der Waals surface area contributed by atoms with E-state index in [4.69, 9.17) is 0 Å². The smallest absolute Gasteiger partial charge is 0.238 e. The second-order valence-corrected chi connectivity index (χ2v) is 4.80. The Balaban J connectivity index is 1.92. The van der Waals surface area contributed by atoms with Gasteiger partial charge in [-0.2, -0.15) is 0 Å². The van der Waals surface area contributed by atoms with Crippen molar-refractivity contribution in [1.82, 2.24) is 10.2 Å². The van der Waals surface area contributed by atoms with Crippen LogP contribution in [0.4, 0.5) is 0 Å². The summed E-state index contributed by atoms with van der Waals surface area (Å²) in [6, 6.07) is 4.27. The maximum atomic E-state index is 11.6. The molecule has 2 aliphatic heterocycles. The molecule has 1 amide bonds. The second kappa shape index (κ2) is 3.07. The molecule has 2 unspecified atom stereocenters. The Bertz CT molecular complexity index is 349. The maximum Gasteiger partial charge on any atom is 0.238 e. The van der Waals surface area contributed by atoms with Crippen LogP contribution in [0, 0.1) is 0 Å². The number of amides is 1. The van der Waals surface area contributed by atoms with Crippen molar-refractivity contribution in [3.63, 3.8) is 0 Å². The van der Waals surface area contributed by atoms with Gasteiger partial charge in [0.05, 0.1) is 6.04 Å². The minimum Gasteiger partial charge on any atom is -0.334 e. The Labute approximate surface area is 86.7 Å². The Kier molecular flexibility index (Phi) is 1.85. The highest BCUT2D eigenvalue weighted by Gasteiger charge is 2.43. The fourth-order valence-corrected chi connectivity index (χ4v) is 3.17. The third-order valence-electron chi connectivity index (χ3n) is 3.02. The van der Waals surface area contributed by atoms with Gasteiger partial charge >= 0.3 is 0 Å². The molecule has 1 aromatic rings. The second-order valence-electron chi connectivity index (χ2n) is 3.82. The summed E-state index contributed by atoms with van der Waals surface area (Å²) in [5, 5.41) is 5.12. The zero-order valence-electron chi connectivity index (χ0n) is 7.77. The molecule has 2 atom stereocenters. The third-order valence-corrected chi connectivity index (χ3v) is 3.94. The minimum absolute atomic E-state index is 0.141. The topological polar surface area (TPSA) is 32.3 Å². The van der Waals surface area contributed by atoms with Crippen LogP contribution in [0.25, 0.3) is 0 Å². The molecule has 3 nitrogen and oxygen atoms in total. The van der Waals surface area contributed by atoms with Crippen molar-refractivity contribution in [3.05, 3.63) is 22.4 Å². The molecule has 2 saturated heterocycles. The van der Waals surface area contributed by atoms with E-state index in [1.807, 2.05) is 6.07 Å². The first kappa shape index (κ1) is 8.44. The number of carbonyl (C=O) groups excluding carboxylic acids is 1. The van der Waals surface area contributed by atoms with Gasteiger partial charge in [-0.05, 0) is 24.3 Å². The van der Waals surface area contributed by atoms with E-state index >= 15 is 0 Å². The zero-order chi connectivity index (χ0) is 9.54. The molecule has 14 heavy (non-hydrogen) atoms. The van der Waals surface area contributed by atoms with Gasteiger partial charge < -0.3 is 5.32 Å². The lowest BCUT2D eigenvalue weighted by atomic mass is 10.2. The number of nitrogens with one attached hydrogen (secondary N) is 1. The number of carbonyl (C=O) groups is 1. The number of hydrogen-bond donors (Lipinski definition) is 1. The van der Waals surface area contributed by atoms with Crippen LogP contribution in [0.3, 0.4) is 0 Å². The number of nitrogens with zero attached hydrogens (tertiary/aromatic N) is 1. The van der Waals surface area contributed by atoms with E-state index in [2.05, 4.69) is 21.7 Å². The van der Waals surface area contributed by atoms with E-state index in [0.29, 0.717) is 0 Å². The van der Waals surface area contributed by atoms with E-state index in [9.17, 15) is 4.79 Å². The fraction of sp³-hybridized carbons (Fsp3) is 0.500. The molecule has 0 saturated carbocycles. The molecule has 0 radical (unpaired) electrons. The van der Waals surface area contributed by atoms with Crippen molar-refractivity contribution in [2.24, 2.45) is 0 Å². The molecular formula is C10H12N2OS. The molecule has 0 aliphatic carbocycles. The van der Waals surface area contributed by atoms with E-state index in [0.717, 1.165) is 19.4 Å². The average Bonchev–Trinajstić information content (AvgIpc) is 2.84. The highest BCUT2D eigenvalue weighted by atomic mass is 32.1. The minimum atomic E-state index is 0.141. The van der Waals surface area contributed by atoms with Crippen LogP contribution in [0.15, 0.2) is 17.5 Å². The number of fused-ring (bicyclic) bond motifs is 1.